The highest BCUT2D eigenvalue weighted by Gasteiger charge is 2.22. The maximum atomic E-state index is 13.0. The largest absolute Gasteiger partial charge is 0.486 e. The molecule has 1 aliphatic rings. The van der Waals surface area contributed by atoms with Crippen LogP contribution >= 0.6 is 0 Å². The van der Waals surface area contributed by atoms with Crippen LogP contribution in [-0.4, -0.2) is 33.5 Å². The van der Waals surface area contributed by atoms with Crippen LogP contribution in [0.1, 0.15) is 17.3 Å². The van der Waals surface area contributed by atoms with Crippen molar-refractivity contribution in [2.45, 2.75) is 11.8 Å². The predicted octanol–water partition coefficient (Wildman–Crippen LogP) is 3.44. The molecule has 0 unspecified atom stereocenters. The van der Waals surface area contributed by atoms with Gasteiger partial charge in [-0.05, 0) is 48.5 Å². The van der Waals surface area contributed by atoms with E-state index in [1.807, 2.05) is 0 Å². The van der Waals surface area contributed by atoms with Crippen molar-refractivity contribution in [3.63, 3.8) is 0 Å². The van der Waals surface area contributed by atoms with Gasteiger partial charge in [-0.15, -0.1) is 0 Å². The third-order valence-electron chi connectivity index (χ3n) is 4.60. The number of hydrogen-bond acceptors (Lipinski definition) is 7. The molecule has 1 aliphatic heterocycles. The van der Waals surface area contributed by atoms with Crippen molar-refractivity contribution >= 4 is 33.3 Å². The van der Waals surface area contributed by atoms with Gasteiger partial charge in [0.25, 0.3) is 10.0 Å². The number of benzene rings is 3. The Kier molecular flexibility index (Phi) is 6.18. The molecule has 0 atom stereocenters. The van der Waals surface area contributed by atoms with Gasteiger partial charge in [0.2, 0.25) is 5.91 Å². The normalized spacial score (nSPS) is 12.5. The minimum atomic E-state index is -4.03. The van der Waals surface area contributed by atoms with E-state index in [0.717, 1.165) is 0 Å². The number of rotatable bonds is 6. The second-order valence-corrected chi connectivity index (χ2v) is 8.73. The SMILES string of the molecule is CC(=O)Nc1ccc(OC(=O)c2ccccc2NS(=O)(=O)c2ccc3c(c2)OCCO3)cc1. The third-order valence-corrected chi connectivity index (χ3v) is 5.96. The molecule has 0 aromatic heterocycles. The number of esters is 1. The van der Waals surface area contributed by atoms with E-state index < -0.39 is 16.0 Å². The van der Waals surface area contributed by atoms with Gasteiger partial charge in [0, 0.05) is 18.7 Å². The van der Waals surface area contributed by atoms with Gasteiger partial charge < -0.3 is 19.5 Å². The van der Waals surface area contributed by atoms with E-state index in [2.05, 4.69) is 10.0 Å². The Balaban J connectivity index is 1.53. The Labute approximate surface area is 190 Å². The fourth-order valence-corrected chi connectivity index (χ4v) is 4.21. The molecular weight excluding hydrogens is 448 g/mol. The predicted molar refractivity (Wildman–Crippen MR) is 120 cm³/mol. The van der Waals surface area contributed by atoms with E-state index in [-0.39, 0.29) is 27.8 Å². The Morgan fingerprint density at radius 3 is 2.33 bits per heavy atom. The molecule has 0 aliphatic carbocycles. The molecule has 170 valence electrons. The maximum absolute atomic E-state index is 13.0. The summed E-state index contributed by atoms with van der Waals surface area (Å²) in [6.45, 7) is 2.10. The molecule has 0 saturated heterocycles. The van der Waals surface area contributed by atoms with Crippen LogP contribution in [0.3, 0.4) is 0 Å². The van der Waals surface area contributed by atoms with E-state index in [9.17, 15) is 18.0 Å². The summed E-state index contributed by atoms with van der Waals surface area (Å²) in [5.41, 5.74) is 0.645. The summed E-state index contributed by atoms with van der Waals surface area (Å²) in [6, 6.07) is 16.6. The molecule has 0 saturated carbocycles. The zero-order chi connectivity index (χ0) is 23.4. The van der Waals surface area contributed by atoms with Crippen LogP contribution < -0.4 is 24.2 Å². The molecule has 0 fully saturated rings. The second kappa shape index (κ2) is 9.21. The molecule has 0 spiro atoms. The van der Waals surface area contributed by atoms with Crippen LogP contribution in [0.25, 0.3) is 0 Å². The molecule has 10 heteroatoms. The first kappa shape index (κ1) is 22.2. The highest BCUT2D eigenvalue weighted by atomic mass is 32.2. The molecule has 0 bridgehead atoms. The molecule has 1 heterocycles. The minimum Gasteiger partial charge on any atom is -0.486 e. The fourth-order valence-electron chi connectivity index (χ4n) is 3.12. The summed E-state index contributed by atoms with van der Waals surface area (Å²) in [5.74, 6) is 0.0635. The van der Waals surface area contributed by atoms with Gasteiger partial charge in [-0.25, -0.2) is 13.2 Å². The standard InChI is InChI=1S/C23H20N2O7S/c1-15(26)24-16-6-8-17(9-7-16)32-23(27)19-4-2-3-5-20(19)25-33(28,29)18-10-11-21-22(14-18)31-13-12-30-21/h2-11,14,25H,12-13H2,1H3,(H,24,26). The molecule has 3 aromatic carbocycles. The molecule has 0 radical (unpaired) electrons. The van der Waals surface area contributed by atoms with Gasteiger partial charge in [-0.3, -0.25) is 9.52 Å². The summed E-state index contributed by atoms with van der Waals surface area (Å²) in [7, 11) is -4.03. The van der Waals surface area contributed by atoms with Gasteiger partial charge in [-0.2, -0.15) is 0 Å². The van der Waals surface area contributed by atoms with Crippen molar-refractivity contribution in [1.29, 1.82) is 0 Å². The molecule has 4 rings (SSSR count). The van der Waals surface area contributed by atoms with Crippen LogP contribution in [0.15, 0.2) is 71.6 Å². The summed E-state index contributed by atoms with van der Waals surface area (Å²) in [4.78, 5) is 23.8. The number of carbonyl (C=O) groups excluding carboxylic acids is 2. The number of ether oxygens (including phenoxy) is 3. The quantitative estimate of drug-likeness (QED) is 0.420. The zero-order valence-corrected chi connectivity index (χ0v) is 18.3. The zero-order valence-electron chi connectivity index (χ0n) is 17.5. The van der Waals surface area contributed by atoms with E-state index in [1.165, 1.54) is 49.4 Å². The van der Waals surface area contributed by atoms with Gasteiger partial charge in [0.05, 0.1) is 16.1 Å². The van der Waals surface area contributed by atoms with Crippen LogP contribution in [0, 0.1) is 0 Å². The average molecular weight is 468 g/mol. The van der Waals surface area contributed by atoms with Crippen molar-refractivity contribution in [3.8, 4) is 17.2 Å². The number of fused-ring (bicyclic) bond motifs is 1. The number of nitrogens with one attached hydrogen (secondary N) is 2. The van der Waals surface area contributed by atoms with Crippen molar-refractivity contribution in [2.24, 2.45) is 0 Å². The average Bonchev–Trinajstić information content (AvgIpc) is 2.80. The molecule has 2 N–H and O–H groups in total. The minimum absolute atomic E-state index is 0.0320. The lowest BCUT2D eigenvalue weighted by Gasteiger charge is -2.19. The first-order chi connectivity index (χ1) is 15.8. The number of carbonyl (C=O) groups is 2. The van der Waals surface area contributed by atoms with E-state index in [4.69, 9.17) is 14.2 Å². The number of anilines is 2. The highest BCUT2D eigenvalue weighted by Crippen LogP contribution is 2.33. The van der Waals surface area contributed by atoms with Crippen molar-refractivity contribution in [2.75, 3.05) is 23.3 Å². The van der Waals surface area contributed by atoms with Gasteiger partial charge in [0.15, 0.2) is 11.5 Å². The van der Waals surface area contributed by atoms with Crippen LogP contribution in [0.2, 0.25) is 0 Å². The molecular formula is C23H20N2O7S. The Hall–Kier alpha value is -4.05. The number of para-hydroxylation sites is 1. The van der Waals surface area contributed by atoms with E-state index in [0.29, 0.717) is 30.4 Å². The van der Waals surface area contributed by atoms with Gasteiger partial charge in [0.1, 0.15) is 19.0 Å². The maximum Gasteiger partial charge on any atom is 0.345 e. The number of hydrogen-bond donors (Lipinski definition) is 2. The summed E-state index contributed by atoms with van der Waals surface area (Å²) in [5, 5.41) is 2.61. The van der Waals surface area contributed by atoms with Gasteiger partial charge >= 0.3 is 5.97 Å². The first-order valence-corrected chi connectivity index (χ1v) is 11.4. The van der Waals surface area contributed by atoms with Crippen molar-refractivity contribution in [1.82, 2.24) is 0 Å². The highest BCUT2D eigenvalue weighted by molar-refractivity contribution is 7.92. The monoisotopic (exact) mass is 468 g/mol. The van der Waals surface area contributed by atoms with E-state index in [1.54, 1.807) is 24.3 Å². The Morgan fingerprint density at radius 1 is 0.909 bits per heavy atom. The van der Waals surface area contributed by atoms with E-state index >= 15 is 0 Å². The lowest BCUT2D eigenvalue weighted by atomic mass is 10.2. The summed E-state index contributed by atoms with van der Waals surface area (Å²) >= 11 is 0. The Morgan fingerprint density at radius 2 is 1.61 bits per heavy atom. The fraction of sp³-hybridized carbons (Fsp3) is 0.130. The molecule has 33 heavy (non-hydrogen) atoms. The van der Waals surface area contributed by atoms with Crippen LogP contribution in [0.5, 0.6) is 17.2 Å². The lowest BCUT2D eigenvalue weighted by Crippen LogP contribution is -2.19. The second-order valence-electron chi connectivity index (χ2n) is 7.05. The van der Waals surface area contributed by atoms with Crippen molar-refractivity contribution in [3.05, 3.63) is 72.3 Å². The Bertz CT molecular complexity index is 1300. The summed E-state index contributed by atoms with van der Waals surface area (Å²) in [6.07, 6.45) is 0. The number of amides is 1. The third kappa shape index (κ3) is 5.24. The smallest absolute Gasteiger partial charge is 0.345 e. The van der Waals surface area contributed by atoms with Crippen molar-refractivity contribution < 1.29 is 32.2 Å². The topological polar surface area (TPSA) is 120 Å². The van der Waals surface area contributed by atoms with Gasteiger partial charge in [-0.1, -0.05) is 12.1 Å². The lowest BCUT2D eigenvalue weighted by molar-refractivity contribution is -0.114. The number of sulfonamides is 1. The molecule has 1 amide bonds. The first-order valence-electron chi connectivity index (χ1n) is 9.93. The summed E-state index contributed by atoms with van der Waals surface area (Å²) < 4.78 is 44.6. The molecule has 3 aromatic rings. The van der Waals surface area contributed by atoms with Crippen LogP contribution in [-0.2, 0) is 14.8 Å². The van der Waals surface area contributed by atoms with Crippen LogP contribution in [0.4, 0.5) is 11.4 Å². The molecule has 9 nitrogen and oxygen atoms in total.